The summed E-state index contributed by atoms with van der Waals surface area (Å²) < 4.78 is 5.39. The number of aryl methyl sites for hydroxylation is 1. The van der Waals surface area contributed by atoms with Crippen LogP contribution in [0, 0.1) is 0 Å². The molecule has 1 fully saturated rings. The van der Waals surface area contributed by atoms with Crippen molar-refractivity contribution in [2.75, 3.05) is 38.2 Å². The summed E-state index contributed by atoms with van der Waals surface area (Å²) in [5.74, 6) is -0.0389. The van der Waals surface area contributed by atoms with Crippen molar-refractivity contribution in [2.45, 2.75) is 32.2 Å². The minimum atomic E-state index is -0.110. The molecule has 1 aromatic carbocycles. The van der Waals surface area contributed by atoms with Gasteiger partial charge in [-0.05, 0) is 44.0 Å². The number of rotatable bonds is 4. The summed E-state index contributed by atoms with van der Waals surface area (Å²) >= 11 is 0. The minimum Gasteiger partial charge on any atom is -0.379 e. The van der Waals surface area contributed by atoms with E-state index < -0.39 is 0 Å². The number of benzene rings is 1. The number of carbonyl (C=O) groups is 2. The second-order valence-corrected chi connectivity index (χ2v) is 7.01. The first-order chi connectivity index (χ1) is 11.5. The van der Waals surface area contributed by atoms with Gasteiger partial charge in [0.15, 0.2) is 0 Å². The van der Waals surface area contributed by atoms with Crippen molar-refractivity contribution in [1.82, 2.24) is 10.2 Å². The molecule has 1 saturated heterocycles. The molecule has 0 aromatic heterocycles. The first-order valence-corrected chi connectivity index (χ1v) is 8.49. The van der Waals surface area contributed by atoms with Crippen LogP contribution in [0.15, 0.2) is 18.2 Å². The van der Waals surface area contributed by atoms with E-state index in [9.17, 15) is 9.59 Å². The Balaban J connectivity index is 1.61. The number of amides is 2. The molecule has 2 heterocycles. The van der Waals surface area contributed by atoms with E-state index in [1.165, 1.54) is 0 Å². The van der Waals surface area contributed by atoms with Gasteiger partial charge in [-0.3, -0.25) is 14.5 Å². The number of fused-ring (bicyclic) bond motifs is 1. The maximum Gasteiger partial charge on any atom is 0.251 e. The van der Waals surface area contributed by atoms with Crippen LogP contribution in [0.5, 0.6) is 0 Å². The lowest BCUT2D eigenvalue weighted by Gasteiger charge is -2.40. The quantitative estimate of drug-likeness (QED) is 0.875. The highest BCUT2D eigenvalue weighted by Gasteiger charge is 2.28. The van der Waals surface area contributed by atoms with E-state index in [1.54, 1.807) is 6.07 Å². The number of hydrogen-bond donors (Lipinski definition) is 2. The fraction of sp³-hybridized carbons (Fsp3) is 0.556. The topological polar surface area (TPSA) is 70.7 Å². The van der Waals surface area contributed by atoms with E-state index in [0.29, 0.717) is 24.9 Å². The number of anilines is 1. The number of morpholine rings is 1. The van der Waals surface area contributed by atoms with E-state index in [2.05, 4.69) is 29.4 Å². The summed E-state index contributed by atoms with van der Waals surface area (Å²) in [5, 5.41) is 5.88. The van der Waals surface area contributed by atoms with Gasteiger partial charge in [-0.2, -0.15) is 0 Å². The molecule has 3 rings (SSSR count). The van der Waals surface area contributed by atoms with Gasteiger partial charge < -0.3 is 15.4 Å². The molecular formula is C18H25N3O3. The van der Waals surface area contributed by atoms with Gasteiger partial charge in [-0.15, -0.1) is 0 Å². The van der Waals surface area contributed by atoms with Gasteiger partial charge in [0, 0.05) is 42.8 Å². The van der Waals surface area contributed by atoms with Crippen LogP contribution >= 0.6 is 0 Å². The van der Waals surface area contributed by atoms with E-state index in [1.807, 2.05) is 12.1 Å². The summed E-state index contributed by atoms with van der Waals surface area (Å²) in [5.41, 5.74) is 2.37. The van der Waals surface area contributed by atoms with E-state index in [-0.39, 0.29) is 17.4 Å². The first-order valence-electron chi connectivity index (χ1n) is 8.49. The molecule has 0 unspecified atom stereocenters. The lowest BCUT2D eigenvalue weighted by Crippen LogP contribution is -2.55. The van der Waals surface area contributed by atoms with Gasteiger partial charge in [0.25, 0.3) is 5.91 Å². The molecule has 2 aliphatic heterocycles. The molecule has 2 amide bonds. The average Bonchev–Trinajstić information content (AvgIpc) is 2.60. The molecule has 24 heavy (non-hydrogen) atoms. The number of ether oxygens (including phenoxy) is 1. The number of carbonyl (C=O) groups excluding carboxylic acids is 2. The second-order valence-electron chi connectivity index (χ2n) is 7.01. The predicted molar refractivity (Wildman–Crippen MR) is 92.2 cm³/mol. The molecule has 2 N–H and O–H groups in total. The zero-order valence-corrected chi connectivity index (χ0v) is 14.4. The molecule has 0 saturated carbocycles. The van der Waals surface area contributed by atoms with Crippen LogP contribution in [0.25, 0.3) is 0 Å². The standard InChI is InChI=1S/C18H25N3O3/c1-18(2,21-7-9-24-10-8-21)12-19-17(23)14-3-5-15-13(11-14)4-6-16(22)20-15/h3,5,11H,4,6-10,12H2,1-2H3,(H,19,23)(H,20,22). The van der Waals surface area contributed by atoms with Crippen molar-refractivity contribution < 1.29 is 14.3 Å². The van der Waals surface area contributed by atoms with Crippen LogP contribution in [0.3, 0.4) is 0 Å². The minimum absolute atomic E-state index is 0.0342. The van der Waals surface area contributed by atoms with Crippen LogP contribution in [0.1, 0.15) is 36.2 Å². The van der Waals surface area contributed by atoms with Crippen molar-refractivity contribution in [1.29, 1.82) is 0 Å². The molecule has 0 radical (unpaired) electrons. The van der Waals surface area contributed by atoms with E-state index in [0.717, 1.165) is 37.6 Å². The van der Waals surface area contributed by atoms with Crippen LogP contribution in [-0.4, -0.2) is 55.1 Å². The average molecular weight is 331 g/mol. The molecular weight excluding hydrogens is 306 g/mol. The van der Waals surface area contributed by atoms with Crippen molar-refractivity contribution in [3.63, 3.8) is 0 Å². The normalized spacial score (nSPS) is 18.7. The van der Waals surface area contributed by atoms with E-state index in [4.69, 9.17) is 4.74 Å². The highest BCUT2D eigenvalue weighted by atomic mass is 16.5. The lowest BCUT2D eigenvalue weighted by atomic mass is 9.99. The Kier molecular flexibility index (Phi) is 4.87. The van der Waals surface area contributed by atoms with Crippen LogP contribution in [0.4, 0.5) is 5.69 Å². The molecule has 6 nitrogen and oxygen atoms in total. The van der Waals surface area contributed by atoms with Gasteiger partial charge in [-0.25, -0.2) is 0 Å². The largest absolute Gasteiger partial charge is 0.379 e. The molecule has 0 aliphatic carbocycles. The maximum atomic E-state index is 12.5. The zero-order valence-electron chi connectivity index (χ0n) is 14.4. The fourth-order valence-electron chi connectivity index (χ4n) is 3.20. The Hall–Kier alpha value is -1.92. The van der Waals surface area contributed by atoms with Crippen molar-refractivity contribution in [3.8, 4) is 0 Å². The van der Waals surface area contributed by atoms with Crippen LogP contribution in [-0.2, 0) is 16.0 Å². The molecule has 0 bridgehead atoms. The summed E-state index contributed by atoms with van der Waals surface area (Å²) in [6.07, 6.45) is 1.16. The van der Waals surface area contributed by atoms with Crippen molar-refractivity contribution in [3.05, 3.63) is 29.3 Å². The monoisotopic (exact) mass is 331 g/mol. The SMILES string of the molecule is CC(C)(CNC(=O)c1ccc2c(c1)CCC(=O)N2)N1CCOCC1. The third-order valence-corrected chi connectivity index (χ3v) is 4.81. The molecule has 6 heteroatoms. The van der Waals surface area contributed by atoms with Gasteiger partial charge >= 0.3 is 0 Å². The summed E-state index contributed by atoms with van der Waals surface area (Å²) in [7, 11) is 0. The number of hydrogen-bond acceptors (Lipinski definition) is 4. The third kappa shape index (κ3) is 3.76. The van der Waals surface area contributed by atoms with Gasteiger partial charge in [0.2, 0.25) is 5.91 Å². The molecule has 1 aromatic rings. The molecule has 130 valence electrons. The number of nitrogens with one attached hydrogen (secondary N) is 2. The summed E-state index contributed by atoms with van der Waals surface area (Å²) in [4.78, 5) is 26.2. The van der Waals surface area contributed by atoms with E-state index >= 15 is 0 Å². The van der Waals surface area contributed by atoms with Crippen LogP contribution < -0.4 is 10.6 Å². The maximum absolute atomic E-state index is 12.5. The molecule has 2 aliphatic rings. The number of nitrogens with zero attached hydrogens (tertiary/aromatic N) is 1. The smallest absolute Gasteiger partial charge is 0.251 e. The van der Waals surface area contributed by atoms with Crippen LogP contribution in [0.2, 0.25) is 0 Å². The Bertz CT molecular complexity index is 636. The van der Waals surface area contributed by atoms with Crippen molar-refractivity contribution >= 4 is 17.5 Å². The molecule has 0 atom stereocenters. The predicted octanol–water partition coefficient (Wildman–Crippen LogP) is 1.41. The fourth-order valence-corrected chi connectivity index (χ4v) is 3.20. The Morgan fingerprint density at radius 3 is 2.79 bits per heavy atom. The third-order valence-electron chi connectivity index (χ3n) is 4.81. The second kappa shape index (κ2) is 6.91. The molecule has 0 spiro atoms. The highest BCUT2D eigenvalue weighted by molar-refractivity contribution is 5.97. The van der Waals surface area contributed by atoms with Gasteiger partial charge in [0.1, 0.15) is 0 Å². The van der Waals surface area contributed by atoms with Gasteiger partial charge in [0.05, 0.1) is 13.2 Å². The Labute approximate surface area is 142 Å². The first kappa shape index (κ1) is 16.9. The van der Waals surface area contributed by atoms with Crippen molar-refractivity contribution in [2.24, 2.45) is 0 Å². The highest BCUT2D eigenvalue weighted by Crippen LogP contribution is 2.23. The summed E-state index contributed by atoms with van der Waals surface area (Å²) in [6.45, 7) is 8.13. The summed E-state index contributed by atoms with van der Waals surface area (Å²) in [6, 6.07) is 5.46. The zero-order chi connectivity index (χ0) is 17.2. The Morgan fingerprint density at radius 2 is 2.04 bits per heavy atom. The Morgan fingerprint density at radius 1 is 1.29 bits per heavy atom. The van der Waals surface area contributed by atoms with Gasteiger partial charge in [-0.1, -0.05) is 0 Å². The lowest BCUT2D eigenvalue weighted by molar-refractivity contribution is -0.116.